The van der Waals surface area contributed by atoms with Crippen LogP contribution in [0.2, 0.25) is 0 Å². The SMILES string of the molecule is CCCCCCCCCCCCc1csc(-c2sccc2C#N)c1. The van der Waals surface area contributed by atoms with Gasteiger partial charge in [0, 0.05) is 4.88 Å². The first kappa shape index (κ1) is 19.2. The van der Waals surface area contributed by atoms with Gasteiger partial charge in [0.1, 0.15) is 6.07 Å². The second-order valence-corrected chi connectivity index (χ2v) is 8.35. The minimum Gasteiger partial charge on any atom is -0.192 e. The average molecular weight is 360 g/mol. The van der Waals surface area contributed by atoms with Crippen LogP contribution in [0.5, 0.6) is 0 Å². The Balaban J connectivity index is 1.58. The summed E-state index contributed by atoms with van der Waals surface area (Å²) in [5, 5.41) is 13.4. The number of thiophene rings is 2. The quantitative estimate of drug-likeness (QED) is 0.354. The van der Waals surface area contributed by atoms with E-state index in [2.05, 4.69) is 24.4 Å². The minimum absolute atomic E-state index is 0.812. The van der Waals surface area contributed by atoms with Crippen molar-refractivity contribution in [1.29, 1.82) is 5.26 Å². The minimum atomic E-state index is 0.812. The van der Waals surface area contributed by atoms with E-state index in [9.17, 15) is 0 Å². The van der Waals surface area contributed by atoms with Crippen LogP contribution in [0, 0.1) is 11.3 Å². The topological polar surface area (TPSA) is 23.8 Å². The first-order chi connectivity index (χ1) is 11.8. The molecule has 24 heavy (non-hydrogen) atoms. The van der Waals surface area contributed by atoms with Crippen LogP contribution in [0.15, 0.2) is 22.9 Å². The fourth-order valence-corrected chi connectivity index (χ4v) is 4.98. The summed E-state index contributed by atoms with van der Waals surface area (Å²) in [6, 6.07) is 6.49. The van der Waals surface area contributed by atoms with Gasteiger partial charge in [0.2, 0.25) is 0 Å². The van der Waals surface area contributed by atoms with E-state index in [1.807, 2.05) is 11.4 Å². The second-order valence-electron chi connectivity index (χ2n) is 6.53. The highest BCUT2D eigenvalue weighted by atomic mass is 32.1. The number of aryl methyl sites for hydroxylation is 1. The molecule has 0 fully saturated rings. The standard InChI is InChI=1S/C21H29NS2/c1-2-3-4-5-6-7-8-9-10-11-12-18-15-20(24-17-18)21-19(16-22)13-14-23-21/h13-15,17H,2-12H2,1H3. The molecule has 0 N–H and O–H groups in total. The summed E-state index contributed by atoms with van der Waals surface area (Å²) in [6.07, 6.45) is 15.1. The van der Waals surface area contributed by atoms with Crippen LogP contribution < -0.4 is 0 Å². The van der Waals surface area contributed by atoms with Crippen molar-refractivity contribution in [2.24, 2.45) is 0 Å². The molecular formula is C21H29NS2. The molecule has 0 atom stereocenters. The number of nitriles is 1. The van der Waals surface area contributed by atoms with Gasteiger partial charge in [-0.25, -0.2) is 0 Å². The fourth-order valence-electron chi connectivity index (χ4n) is 3.03. The third-order valence-electron chi connectivity index (χ3n) is 4.48. The third-order valence-corrected chi connectivity index (χ3v) is 6.56. The normalized spacial score (nSPS) is 10.8. The smallest absolute Gasteiger partial charge is 0.101 e. The number of hydrogen-bond donors (Lipinski definition) is 0. The zero-order valence-electron chi connectivity index (χ0n) is 14.9. The lowest BCUT2D eigenvalue weighted by atomic mass is 10.0. The van der Waals surface area contributed by atoms with E-state index in [1.165, 1.54) is 81.1 Å². The van der Waals surface area contributed by atoms with Crippen LogP contribution >= 0.6 is 22.7 Å². The van der Waals surface area contributed by atoms with Crippen molar-refractivity contribution in [3.8, 4) is 15.8 Å². The lowest BCUT2D eigenvalue weighted by Gasteiger charge is -2.02. The van der Waals surface area contributed by atoms with Crippen molar-refractivity contribution in [3.05, 3.63) is 34.0 Å². The summed E-state index contributed by atoms with van der Waals surface area (Å²) in [7, 11) is 0. The van der Waals surface area contributed by atoms with Crippen molar-refractivity contribution in [2.75, 3.05) is 0 Å². The van der Waals surface area contributed by atoms with E-state index in [0.717, 1.165) is 10.4 Å². The van der Waals surface area contributed by atoms with Gasteiger partial charge in [-0.05, 0) is 41.3 Å². The zero-order chi connectivity index (χ0) is 17.0. The predicted octanol–water partition coefficient (Wildman–Crippen LogP) is 7.81. The number of nitrogens with zero attached hydrogens (tertiary/aromatic N) is 1. The van der Waals surface area contributed by atoms with Crippen LogP contribution in [0.3, 0.4) is 0 Å². The Bertz CT molecular complexity index is 618. The molecule has 0 spiro atoms. The van der Waals surface area contributed by atoms with Crippen molar-refractivity contribution < 1.29 is 0 Å². The fraction of sp³-hybridized carbons (Fsp3) is 0.571. The summed E-state index contributed by atoms with van der Waals surface area (Å²) >= 11 is 3.45. The first-order valence-electron chi connectivity index (χ1n) is 9.40. The monoisotopic (exact) mass is 359 g/mol. The predicted molar refractivity (Wildman–Crippen MR) is 108 cm³/mol. The molecule has 0 amide bonds. The number of rotatable bonds is 12. The molecule has 0 aliphatic rings. The Kier molecular flexibility index (Phi) is 9.16. The molecule has 0 radical (unpaired) electrons. The maximum absolute atomic E-state index is 9.14. The van der Waals surface area contributed by atoms with E-state index in [4.69, 9.17) is 5.26 Å². The zero-order valence-corrected chi connectivity index (χ0v) is 16.5. The Morgan fingerprint density at radius 3 is 2.25 bits per heavy atom. The van der Waals surface area contributed by atoms with Gasteiger partial charge in [-0.1, -0.05) is 64.7 Å². The highest BCUT2D eigenvalue weighted by Crippen LogP contribution is 2.34. The van der Waals surface area contributed by atoms with Gasteiger partial charge in [0.25, 0.3) is 0 Å². The van der Waals surface area contributed by atoms with E-state index >= 15 is 0 Å². The summed E-state index contributed by atoms with van der Waals surface area (Å²) in [4.78, 5) is 2.39. The van der Waals surface area contributed by atoms with Crippen molar-refractivity contribution >= 4 is 22.7 Å². The number of unbranched alkanes of at least 4 members (excludes halogenated alkanes) is 9. The lowest BCUT2D eigenvalue weighted by molar-refractivity contribution is 0.556. The third kappa shape index (κ3) is 6.42. The molecular weight excluding hydrogens is 330 g/mol. The maximum atomic E-state index is 9.14. The molecule has 3 heteroatoms. The van der Waals surface area contributed by atoms with Crippen LogP contribution in [0.4, 0.5) is 0 Å². The summed E-state index contributed by atoms with van der Waals surface area (Å²) in [6.45, 7) is 2.28. The van der Waals surface area contributed by atoms with E-state index in [0.29, 0.717) is 0 Å². The molecule has 0 aliphatic carbocycles. The molecule has 2 rings (SSSR count). The van der Waals surface area contributed by atoms with Crippen molar-refractivity contribution in [3.63, 3.8) is 0 Å². The lowest BCUT2D eigenvalue weighted by Crippen LogP contribution is -1.84. The second kappa shape index (κ2) is 11.4. The van der Waals surface area contributed by atoms with Crippen LogP contribution in [-0.4, -0.2) is 0 Å². The average Bonchev–Trinajstić information content (AvgIpc) is 3.24. The van der Waals surface area contributed by atoms with Gasteiger partial charge >= 0.3 is 0 Å². The largest absolute Gasteiger partial charge is 0.192 e. The molecule has 130 valence electrons. The molecule has 0 aliphatic heterocycles. The molecule has 0 saturated carbocycles. The Labute approximate surface area is 155 Å². The van der Waals surface area contributed by atoms with Gasteiger partial charge in [-0.3, -0.25) is 0 Å². The Hall–Kier alpha value is -1.11. The molecule has 2 aromatic rings. The molecule has 0 unspecified atom stereocenters. The first-order valence-corrected chi connectivity index (χ1v) is 11.2. The highest BCUT2D eigenvalue weighted by molar-refractivity contribution is 7.20. The van der Waals surface area contributed by atoms with Gasteiger partial charge in [-0.15, -0.1) is 22.7 Å². The van der Waals surface area contributed by atoms with Crippen LogP contribution in [-0.2, 0) is 6.42 Å². The summed E-state index contributed by atoms with van der Waals surface area (Å²) in [5.41, 5.74) is 2.25. The van der Waals surface area contributed by atoms with Gasteiger partial charge in [0.15, 0.2) is 0 Å². The number of hydrogen-bond acceptors (Lipinski definition) is 3. The van der Waals surface area contributed by atoms with Gasteiger partial charge in [-0.2, -0.15) is 5.26 Å². The van der Waals surface area contributed by atoms with Gasteiger partial charge in [0.05, 0.1) is 10.4 Å². The molecule has 1 nitrogen and oxygen atoms in total. The molecule has 0 aromatic carbocycles. The summed E-state index contributed by atoms with van der Waals surface area (Å²) in [5.74, 6) is 0. The van der Waals surface area contributed by atoms with Crippen molar-refractivity contribution in [1.82, 2.24) is 0 Å². The molecule has 2 heterocycles. The van der Waals surface area contributed by atoms with E-state index in [-0.39, 0.29) is 0 Å². The van der Waals surface area contributed by atoms with Crippen LogP contribution in [0.1, 0.15) is 82.3 Å². The van der Waals surface area contributed by atoms with E-state index in [1.54, 1.807) is 22.7 Å². The van der Waals surface area contributed by atoms with Crippen LogP contribution in [0.25, 0.3) is 9.75 Å². The molecule has 0 saturated heterocycles. The molecule has 2 aromatic heterocycles. The van der Waals surface area contributed by atoms with E-state index < -0.39 is 0 Å². The van der Waals surface area contributed by atoms with Gasteiger partial charge < -0.3 is 0 Å². The van der Waals surface area contributed by atoms with Crippen molar-refractivity contribution in [2.45, 2.75) is 77.6 Å². The highest BCUT2D eigenvalue weighted by Gasteiger charge is 2.09. The molecule has 0 bridgehead atoms. The Morgan fingerprint density at radius 2 is 1.58 bits per heavy atom. The summed E-state index contributed by atoms with van der Waals surface area (Å²) < 4.78 is 0. The Morgan fingerprint density at radius 1 is 0.917 bits per heavy atom. The maximum Gasteiger partial charge on any atom is 0.101 e.